The number of carboxylic acids is 1. The number of anilines is 2. The first kappa shape index (κ1) is 15.2. The van der Waals surface area contributed by atoms with Gasteiger partial charge in [0.05, 0.1) is 0 Å². The number of nitrogens with one attached hydrogen (secondary N) is 1. The lowest BCUT2D eigenvalue weighted by Crippen LogP contribution is -2.30. The van der Waals surface area contributed by atoms with Gasteiger partial charge in [-0.3, -0.25) is 4.79 Å². The van der Waals surface area contributed by atoms with Crippen molar-refractivity contribution in [1.82, 2.24) is 9.97 Å². The first-order chi connectivity index (χ1) is 8.69. The highest BCUT2D eigenvalue weighted by atomic mass is 16.4. The Morgan fingerprint density at radius 2 is 2.11 bits per heavy atom. The van der Waals surface area contributed by atoms with E-state index in [0.717, 1.165) is 12.4 Å². The van der Waals surface area contributed by atoms with E-state index in [9.17, 15) is 4.79 Å². The van der Waals surface area contributed by atoms with Crippen LogP contribution in [0.1, 0.15) is 27.7 Å². The lowest BCUT2D eigenvalue weighted by Gasteiger charge is -2.27. The molecule has 0 aliphatic carbocycles. The zero-order chi connectivity index (χ0) is 14.6. The maximum atomic E-state index is 10.8. The molecule has 0 aromatic carbocycles. The second-order valence-corrected chi connectivity index (χ2v) is 5.88. The van der Waals surface area contributed by atoms with Gasteiger partial charge < -0.3 is 15.3 Å². The third-order valence-electron chi connectivity index (χ3n) is 2.49. The summed E-state index contributed by atoms with van der Waals surface area (Å²) in [6.45, 7) is 8.87. The molecular weight excluding hydrogens is 244 g/mol. The topological polar surface area (TPSA) is 78.3 Å². The Bertz CT molecular complexity index is 443. The molecular formula is C13H22N4O2. The van der Waals surface area contributed by atoms with Gasteiger partial charge in [0.2, 0.25) is 0 Å². The molecule has 106 valence electrons. The number of aliphatic carboxylic acids is 1. The maximum Gasteiger partial charge on any atom is 0.325 e. The summed E-state index contributed by atoms with van der Waals surface area (Å²) in [6, 6.07) is 1.07. The number of rotatable bonds is 5. The molecule has 0 saturated heterocycles. The van der Waals surface area contributed by atoms with Crippen molar-refractivity contribution in [2.24, 2.45) is 5.41 Å². The highest BCUT2D eigenvalue weighted by Crippen LogP contribution is 2.19. The van der Waals surface area contributed by atoms with Crippen molar-refractivity contribution >= 4 is 17.6 Å². The van der Waals surface area contributed by atoms with E-state index in [1.54, 1.807) is 13.0 Å². The second-order valence-electron chi connectivity index (χ2n) is 5.88. The number of carbonyl (C=O) groups is 1. The van der Waals surface area contributed by atoms with E-state index in [4.69, 9.17) is 5.11 Å². The van der Waals surface area contributed by atoms with Crippen molar-refractivity contribution in [3.63, 3.8) is 0 Å². The predicted octanol–water partition coefficient (Wildman–Crippen LogP) is 1.84. The van der Waals surface area contributed by atoms with Crippen LogP contribution in [-0.4, -0.2) is 40.7 Å². The molecule has 1 unspecified atom stereocenters. The van der Waals surface area contributed by atoms with Crippen LogP contribution in [0.5, 0.6) is 0 Å². The largest absolute Gasteiger partial charge is 0.480 e. The normalized spacial score (nSPS) is 12.9. The Hall–Kier alpha value is -1.85. The molecule has 1 aromatic rings. The zero-order valence-electron chi connectivity index (χ0n) is 12.1. The quantitative estimate of drug-likeness (QED) is 0.846. The summed E-state index contributed by atoms with van der Waals surface area (Å²) in [4.78, 5) is 21.1. The van der Waals surface area contributed by atoms with Crippen molar-refractivity contribution in [2.45, 2.75) is 33.7 Å². The molecule has 6 heteroatoms. The molecule has 0 saturated carbocycles. The molecule has 1 atom stereocenters. The highest BCUT2D eigenvalue weighted by Gasteiger charge is 2.16. The van der Waals surface area contributed by atoms with Gasteiger partial charge in [-0.15, -0.1) is 0 Å². The molecule has 1 aromatic heterocycles. The van der Waals surface area contributed by atoms with Crippen molar-refractivity contribution in [2.75, 3.05) is 23.8 Å². The van der Waals surface area contributed by atoms with Crippen LogP contribution in [-0.2, 0) is 4.79 Å². The minimum Gasteiger partial charge on any atom is -0.480 e. The Morgan fingerprint density at radius 1 is 1.47 bits per heavy atom. The number of hydrogen-bond donors (Lipinski definition) is 2. The first-order valence-electron chi connectivity index (χ1n) is 6.21. The minimum absolute atomic E-state index is 0.154. The fourth-order valence-electron chi connectivity index (χ4n) is 1.71. The summed E-state index contributed by atoms with van der Waals surface area (Å²) in [5.41, 5.74) is 0.154. The van der Waals surface area contributed by atoms with E-state index in [-0.39, 0.29) is 5.41 Å². The molecule has 0 fully saturated rings. The standard InChI is InChI=1S/C13H22N4O2/c1-9(12(18)19)16-10-6-11(15-8-14-10)17(5)7-13(2,3)4/h6,8-9H,7H2,1-5H3,(H,18,19)(H,14,15,16). The molecule has 19 heavy (non-hydrogen) atoms. The summed E-state index contributed by atoms with van der Waals surface area (Å²) in [5.74, 6) is 0.369. The van der Waals surface area contributed by atoms with Crippen LogP contribution in [0.15, 0.2) is 12.4 Å². The summed E-state index contributed by atoms with van der Waals surface area (Å²) in [7, 11) is 1.96. The van der Waals surface area contributed by atoms with Crippen LogP contribution < -0.4 is 10.2 Å². The summed E-state index contributed by atoms with van der Waals surface area (Å²) < 4.78 is 0. The van der Waals surface area contributed by atoms with Gasteiger partial charge in [-0.25, -0.2) is 9.97 Å². The van der Waals surface area contributed by atoms with Gasteiger partial charge in [0.25, 0.3) is 0 Å². The fraction of sp³-hybridized carbons (Fsp3) is 0.615. The molecule has 6 nitrogen and oxygen atoms in total. The molecule has 0 spiro atoms. The third-order valence-corrected chi connectivity index (χ3v) is 2.49. The van der Waals surface area contributed by atoms with E-state index >= 15 is 0 Å². The lowest BCUT2D eigenvalue weighted by atomic mass is 9.96. The van der Waals surface area contributed by atoms with E-state index < -0.39 is 12.0 Å². The minimum atomic E-state index is -0.914. The van der Waals surface area contributed by atoms with Gasteiger partial charge in [0, 0.05) is 19.7 Å². The summed E-state index contributed by atoms with van der Waals surface area (Å²) >= 11 is 0. The smallest absolute Gasteiger partial charge is 0.325 e. The van der Waals surface area contributed by atoms with Crippen LogP contribution >= 0.6 is 0 Å². The van der Waals surface area contributed by atoms with Gasteiger partial charge in [-0.1, -0.05) is 20.8 Å². The van der Waals surface area contributed by atoms with Crippen LogP contribution in [0.4, 0.5) is 11.6 Å². The van der Waals surface area contributed by atoms with Crippen LogP contribution in [0, 0.1) is 5.41 Å². The van der Waals surface area contributed by atoms with Crippen LogP contribution in [0.2, 0.25) is 0 Å². The van der Waals surface area contributed by atoms with Crippen molar-refractivity contribution in [3.8, 4) is 0 Å². The number of aromatic nitrogens is 2. The zero-order valence-corrected chi connectivity index (χ0v) is 12.1. The molecule has 0 aliphatic heterocycles. The van der Waals surface area contributed by atoms with E-state index in [2.05, 4.69) is 36.1 Å². The number of nitrogens with zero attached hydrogens (tertiary/aromatic N) is 3. The average Bonchev–Trinajstić information content (AvgIpc) is 2.27. The maximum absolute atomic E-state index is 10.8. The Morgan fingerprint density at radius 3 is 2.63 bits per heavy atom. The van der Waals surface area contributed by atoms with Gasteiger partial charge >= 0.3 is 5.97 Å². The molecule has 2 N–H and O–H groups in total. The SMILES string of the molecule is CC(Nc1cc(N(C)CC(C)(C)C)ncn1)C(=O)O. The second kappa shape index (κ2) is 5.86. The first-order valence-corrected chi connectivity index (χ1v) is 6.21. The van der Waals surface area contributed by atoms with Gasteiger partial charge in [0.1, 0.15) is 24.0 Å². The predicted molar refractivity (Wildman–Crippen MR) is 75.5 cm³/mol. The molecule has 0 bridgehead atoms. The number of carboxylic acid groups (broad SMARTS) is 1. The fourth-order valence-corrected chi connectivity index (χ4v) is 1.71. The summed E-state index contributed by atoms with van der Waals surface area (Å²) in [5, 5.41) is 11.7. The van der Waals surface area contributed by atoms with E-state index in [0.29, 0.717) is 5.82 Å². The highest BCUT2D eigenvalue weighted by molar-refractivity contribution is 5.76. The van der Waals surface area contributed by atoms with Crippen molar-refractivity contribution in [3.05, 3.63) is 12.4 Å². The van der Waals surface area contributed by atoms with Crippen LogP contribution in [0.25, 0.3) is 0 Å². The van der Waals surface area contributed by atoms with Crippen molar-refractivity contribution in [1.29, 1.82) is 0 Å². The lowest BCUT2D eigenvalue weighted by molar-refractivity contribution is -0.137. The Labute approximate surface area is 113 Å². The van der Waals surface area contributed by atoms with Gasteiger partial charge in [-0.2, -0.15) is 0 Å². The van der Waals surface area contributed by atoms with Gasteiger partial charge in [0.15, 0.2) is 0 Å². The van der Waals surface area contributed by atoms with E-state index in [1.165, 1.54) is 6.33 Å². The van der Waals surface area contributed by atoms with E-state index in [1.807, 2.05) is 11.9 Å². The Kier molecular flexibility index (Phi) is 4.69. The molecule has 0 amide bonds. The molecule has 0 aliphatic rings. The molecule has 0 radical (unpaired) electrons. The summed E-state index contributed by atoms with van der Waals surface area (Å²) in [6.07, 6.45) is 1.44. The molecule has 1 heterocycles. The third kappa shape index (κ3) is 5.11. The van der Waals surface area contributed by atoms with Gasteiger partial charge in [-0.05, 0) is 12.3 Å². The van der Waals surface area contributed by atoms with Crippen molar-refractivity contribution < 1.29 is 9.90 Å². The monoisotopic (exact) mass is 266 g/mol. The van der Waals surface area contributed by atoms with Crippen LogP contribution in [0.3, 0.4) is 0 Å². The number of hydrogen-bond acceptors (Lipinski definition) is 5. The molecule has 1 rings (SSSR count). The average molecular weight is 266 g/mol. The Balaban J connectivity index is 2.79.